The molecule has 1 atom stereocenters. The van der Waals surface area contributed by atoms with E-state index in [9.17, 15) is 9.90 Å². The largest absolute Gasteiger partial charge is 0.399 e. The van der Waals surface area contributed by atoms with Crippen LogP contribution in [0.15, 0.2) is 18.2 Å². The number of hydrogen-bond acceptors (Lipinski definition) is 3. The third kappa shape index (κ3) is 3.73. The van der Waals surface area contributed by atoms with E-state index in [1.807, 2.05) is 24.0 Å². The molecule has 4 nitrogen and oxygen atoms in total. The highest BCUT2D eigenvalue weighted by atomic mass is 16.3. The Bertz CT molecular complexity index is 468. The Kier molecular flexibility index (Phi) is 5.01. The summed E-state index contributed by atoms with van der Waals surface area (Å²) in [6.07, 6.45) is 3.65. The topological polar surface area (TPSA) is 66.6 Å². The quantitative estimate of drug-likeness (QED) is 0.830. The van der Waals surface area contributed by atoms with E-state index < -0.39 is 6.10 Å². The number of carbonyl (C=O) groups excluding carboxylic acids is 1. The van der Waals surface area contributed by atoms with E-state index in [-0.39, 0.29) is 5.91 Å². The van der Waals surface area contributed by atoms with Crippen molar-refractivity contribution >= 4 is 11.6 Å². The van der Waals surface area contributed by atoms with E-state index >= 15 is 0 Å². The summed E-state index contributed by atoms with van der Waals surface area (Å²) in [6, 6.07) is 5.58. The van der Waals surface area contributed by atoms with Crippen molar-refractivity contribution in [3.63, 3.8) is 0 Å². The number of amides is 1. The van der Waals surface area contributed by atoms with Gasteiger partial charge in [-0.3, -0.25) is 4.79 Å². The Balaban J connectivity index is 1.86. The zero-order chi connectivity index (χ0) is 14.5. The number of rotatable bonds is 4. The number of nitrogen functional groups attached to an aromatic ring is 1. The average Bonchev–Trinajstić information content (AvgIpc) is 2.48. The van der Waals surface area contributed by atoms with Crippen LogP contribution in [0.25, 0.3) is 0 Å². The SMILES string of the molecule is Cc1ccc(C(O)CCC(=O)N2CCCCC2)cc1N. The lowest BCUT2D eigenvalue weighted by Gasteiger charge is -2.27. The minimum atomic E-state index is -0.619. The molecule has 4 heteroatoms. The zero-order valence-corrected chi connectivity index (χ0v) is 12.1. The molecule has 3 N–H and O–H groups in total. The van der Waals surface area contributed by atoms with Crippen molar-refractivity contribution in [3.05, 3.63) is 29.3 Å². The molecule has 1 aliphatic heterocycles. The van der Waals surface area contributed by atoms with Crippen LogP contribution >= 0.6 is 0 Å². The fourth-order valence-corrected chi connectivity index (χ4v) is 2.59. The van der Waals surface area contributed by atoms with Gasteiger partial charge in [-0.2, -0.15) is 0 Å². The van der Waals surface area contributed by atoms with Gasteiger partial charge in [0.2, 0.25) is 5.91 Å². The lowest BCUT2D eigenvalue weighted by molar-refractivity contribution is -0.132. The number of likely N-dealkylation sites (tertiary alicyclic amines) is 1. The average molecular weight is 276 g/mol. The number of aliphatic hydroxyl groups excluding tert-OH is 1. The third-order valence-corrected chi connectivity index (χ3v) is 4.03. The van der Waals surface area contributed by atoms with Crippen LogP contribution in [0.3, 0.4) is 0 Å². The minimum Gasteiger partial charge on any atom is -0.399 e. The number of benzene rings is 1. The normalized spacial score (nSPS) is 17.0. The van der Waals surface area contributed by atoms with Gasteiger partial charge in [0, 0.05) is 25.2 Å². The Hall–Kier alpha value is -1.55. The molecule has 0 aliphatic carbocycles. The van der Waals surface area contributed by atoms with Crippen LogP contribution in [0.2, 0.25) is 0 Å². The van der Waals surface area contributed by atoms with Gasteiger partial charge >= 0.3 is 0 Å². The number of hydrogen-bond donors (Lipinski definition) is 2. The van der Waals surface area contributed by atoms with Crippen molar-refractivity contribution in [1.29, 1.82) is 0 Å². The highest BCUT2D eigenvalue weighted by Crippen LogP contribution is 2.23. The molecule has 1 saturated heterocycles. The van der Waals surface area contributed by atoms with Crippen LogP contribution in [0.4, 0.5) is 5.69 Å². The van der Waals surface area contributed by atoms with Gasteiger partial charge in [0.15, 0.2) is 0 Å². The Morgan fingerprint density at radius 2 is 2.05 bits per heavy atom. The molecule has 0 aromatic heterocycles. The molecule has 2 rings (SSSR count). The molecule has 1 aromatic carbocycles. The standard InChI is InChI=1S/C16H24N2O2/c1-12-5-6-13(11-14(12)17)15(19)7-8-16(20)18-9-3-2-4-10-18/h5-6,11,15,19H,2-4,7-10,17H2,1H3. The van der Waals surface area contributed by atoms with Gasteiger partial charge in [-0.15, -0.1) is 0 Å². The molecule has 0 radical (unpaired) electrons. The Morgan fingerprint density at radius 1 is 1.35 bits per heavy atom. The maximum Gasteiger partial charge on any atom is 0.222 e. The first-order valence-electron chi connectivity index (χ1n) is 7.40. The van der Waals surface area contributed by atoms with Crippen molar-refractivity contribution in [2.24, 2.45) is 0 Å². The predicted molar refractivity (Wildman–Crippen MR) is 80.2 cm³/mol. The van der Waals surface area contributed by atoms with Crippen molar-refractivity contribution in [1.82, 2.24) is 4.90 Å². The van der Waals surface area contributed by atoms with Gasteiger partial charge in [0.25, 0.3) is 0 Å². The molecule has 1 heterocycles. The number of aliphatic hydroxyl groups is 1. The first-order chi connectivity index (χ1) is 9.58. The van der Waals surface area contributed by atoms with Crippen LogP contribution < -0.4 is 5.73 Å². The summed E-state index contributed by atoms with van der Waals surface area (Å²) in [4.78, 5) is 14.0. The molecule has 20 heavy (non-hydrogen) atoms. The van der Waals surface area contributed by atoms with Crippen molar-refractivity contribution in [2.75, 3.05) is 18.8 Å². The van der Waals surface area contributed by atoms with E-state index in [0.29, 0.717) is 18.5 Å². The van der Waals surface area contributed by atoms with Crippen molar-refractivity contribution < 1.29 is 9.90 Å². The second-order valence-corrected chi connectivity index (χ2v) is 5.61. The second kappa shape index (κ2) is 6.75. The molecular weight excluding hydrogens is 252 g/mol. The molecule has 1 fully saturated rings. The first kappa shape index (κ1) is 14.9. The lowest BCUT2D eigenvalue weighted by atomic mass is 10.0. The van der Waals surface area contributed by atoms with E-state index in [0.717, 1.165) is 37.1 Å². The number of piperidine rings is 1. The Morgan fingerprint density at radius 3 is 2.70 bits per heavy atom. The van der Waals surface area contributed by atoms with Crippen LogP contribution in [0.1, 0.15) is 49.3 Å². The summed E-state index contributed by atoms with van der Waals surface area (Å²) in [5, 5.41) is 10.2. The maximum absolute atomic E-state index is 12.0. The van der Waals surface area contributed by atoms with Crippen LogP contribution in [-0.4, -0.2) is 29.0 Å². The molecule has 0 spiro atoms. The van der Waals surface area contributed by atoms with Crippen molar-refractivity contribution in [2.45, 2.75) is 45.1 Å². The summed E-state index contributed by atoms with van der Waals surface area (Å²) < 4.78 is 0. The number of nitrogens with zero attached hydrogens (tertiary/aromatic N) is 1. The van der Waals surface area contributed by atoms with E-state index in [1.54, 1.807) is 6.07 Å². The van der Waals surface area contributed by atoms with Gasteiger partial charge in [-0.05, 0) is 49.8 Å². The molecule has 0 saturated carbocycles. The summed E-state index contributed by atoms with van der Waals surface area (Å²) in [5.74, 6) is 0.156. The smallest absolute Gasteiger partial charge is 0.222 e. The highest BCUT2D eigenvalue weighted by Gasteiger charge is 2.18. The zero-order valence-electron chi connectivity index (χ0n) is 12.1. The summed E-state index contributed by atoms with van der Waals surface area (Å²) in [7, 11) is 0. The Labute approximate surface area is 120 Å². The predicted octanol–water partition coefficient (Wildman–Crippen LogP) is 2.40. The number of carbonyl (C=O) groups is 1. The number of nitrogens with two attached hydrogens (primary N) is 1. The fourth-order valence-electron chi connectivity index (χ4n) is 2.59. The van der Waals surface area contributed by atoms with Crippen LogP contribution in [0.5, 0.6) is 0 Å². The van der Waals surface area contributed by atoms with Crippen LogP contribution in [0, 0.1) is 6.92 Å². The monoisotopic (exact) mass is 276 g/mol. The van der Waals surface area contributed by atoms with Crippen molar-refractivity contribution in [3.8, 4) is 0 Å². The summed E-state index contributed by atoms with van der Waals surface area (Å²) >= 11 is 0. The van der Waals surface area contributed by atoms with Crippen LogP contribution in [-0.2, 0) is 4.79 Å². The molecule has 1 unspecified atom stereocenters. The molecular formula is C16H24N2O2. The minimum absolute atomic E-state index is 0.156. The number of anilines is 1. The number of aryl methyl sites for hydroxylation is 1. The van der Waals surface area contributed by atoms with E-state index in [4.69, 9.17) is 5.73 Å². The maximum atomic E-state index is 12.0. The van der Waals surface area contributed by atoms with Gasteiger partial charge < -0.3 is 15.7 Å². The molecule has 1 aromatic rings. The fraction of sp³-hybridized carbons (Fsp3) is 0.562. The van der Waals surface area contributed by atoms with Gasteiger partial charge in [-0.1, -0.05) is 12.1 Å². The molecule has 1 amide bonds. The molecule has 1 aliphatic rings. The van der Waals surface area contributed by atoms with Gasteiger partial charge in [0.05, 0.1) is 6.10 Å². The lowest BCUT2D eigenvalue weighted by Crippen LogP contribution is -2.35. The highest BCUT2D eigenvalue weighted by molar-refractivity contribution is 5.76. The van der Waals surface area contributed by atoms with Gasteiger partial charge in [0.1, 0.15) is 0 Å². The summed E-state index contributed by atoms with van der Waals surface area (Å²) in [6.45, 7) is 3.67. The second-order valence-electron chi connectivity index (χ2n) is 5.61. The van der Waals surface area contributed by atoms with Gasteiger partial charge in [-0.25, -0.2) is 0 Å². The first-order valence-corrected chi connectivity index (χ1v) is 7.40. The van der Waals surface area contributed by atoms with E-state index in [1.165, 1.54) is 6.42 Å². The molecule has 110 valence electrons. The molecule has 0 bridgehead atoms. The third-order valence-electron chi connectivity index (χ3n) is 4.03. The van der Waals surface area contributed by atoms with E-state index in [2.05, 4.69) is 0 Å². The summed E-state index contributed by atoms with van der Waals surface area (Å²) in [5.41, 5.74) is 8.33.